The number of cyclic esters (lactones) is 1. The molecule has 0 N–H and O–H groups in total. The second kappa shape index (κ2) is 6.29. The zero-order valence-corrected chi connectivity index (χ0v) is 13.0. The van der Waals surface area contributed by atoms with Gasteiger partial charge >= 0.3 is 5.97 Å². The molecular formula is C17H23NO3. The number of unbranched alkanes of at least 4 members (excludes halogenated alkanes) is 1. The molecule has 114 valence electrons. The quantitative estimate of drug-likeness (QED) is 0.783. The second-order valence-electron chi connectivity index (χ2n) is 5.69. The van der Waals surface area contributed by atoms with Gasteiger partial charge in [-0.3, -0.25) is 4.79 Å². The lowest BCUT2D eigenvalue weighted by molar-refractivity contribution is -0.151. The molecular weight excluding hydrogens is 266 g/mol. The lowest BCUT2D eigenvalue weighted by Gasteiger charge is -2.37. The van der Waals surface area contributed by atoms with Crippen LogP contribution in [0.25, 0.3) is 0 Å². The molecule has 21 heavy (non-hydrogen) atoms. The highest BCUT2D eigenvalue weighted by atomic mass is 16.6. The maximum Gasteiger partial charge on any atom is 0.339 e. The van der Waals surface area contributed by atoms with Crippen LogP contribution in [0.3, 0.4) is 0 Å². The molecule has 4 heteroatoms. The van der Waals surface area contributed by atoms with Gasteiger partial charge in [0.1, 0.15) is 0 Å². The monoisotopic (exact) mass is 289 g/mol. The van der Waals surface area contributed by atoms with Crippen molar-refractivity contribution < 1.29 is 14.3 Å². The normalized spacial score (nSPS) is 20.6. The highest BCUT2D eigenvalue weighted by Gasteiger charge is 2.44. The predicted molar refractivity (Wildman–Crippen MR) is 81.1 cm³/mol. The Hall–Kier alpha value is -1.84. The molecule has 4 nitrogen and oxygen atoms in total. The van der Waals surface area contributed by atoms with Gasteiger partial charge in [0.15, 0.2) is 5.60 Å². The van der Waals surface area contributed by atoms with Gasteiger partial charge in [-0.2, -0.15) is 0 Å². The Balaban J connectivity index is 2.23. The summed E-state index contributed by atoms with van der Waals surface area (Å²) < 4.78 is 5.49. The number of nitrogens with zero attached hydrogens (tertiary/aromatic N) is 1. The van der Waals surface area contributed by atoms with E-state index in [2.05, 4.69) is 6.92 Å². The largest absolute Gasteiger partial charge is 0.445 e. The number of amides is 1. The molecule has 0 aliphatic carbocycles. The Morgan fingerprint density at radius 3 is 2.71 bits per heavy atom. The topological polar surface area (TPSA) is 46.6 Å². The molecule has 1 unspecified atom stereocenters. The third kappa shape index (κ3) is 3.09. The zero-order valence-electron chi connectivity index (χ0n) is 13.0. The maximum atomic E-state index is 12.8. The lowest BCUT2D eigenvalue weighted by Crippen LogP contribution is -2.53. The predicted octanol–water partition coefficient (Wildman–Crippen LogP) is 2.81. The molecule has 0 radical (unpaired) electrons. The first-order chi connectivity index (χ1) is 10.0. The number of likely N-dealkylation sites (N-methyl/N-ethyl adjacent to an activating group) is 1. The summed E-state index contributed by atoms with van der Waals surface area (Å²) in [5.74, 6) is -0.499. The van der Waals surface area contributed by atoms with E-state index in [4.69, 9.17) is 4.74 Å². The van der Waals surface area contributed by atoms with E-state index in [0.717, 1.165) is 18.4 Å². The van der Waals surface area contributed by atoms with Crippen molar-refractivity contribution in [2.45, 2.75) is 45.6 Å². The second-order valence-corrected chi connectivity index (χ2v) is 5.69. The number of hydrogen-bond acceptors (Lipinski definition) is 3. The maximum absolute atomic E-state index is 12.8. The van der Waals surface area contributed by atoms with E-state index >= 15 is 0 Å². The zero-order chi connectivity index (χ0) is 15.5. The Kier molecular flexibility index (Phi) is 4.66. The first-order valence-corrected chi connectivity index (χ1v) is 7.62. The molecule has 0 saturated heterocycles. The molecule has 1 aromatic rings. The van der Waals surface area contributed by atoms with Crippen molar-refractivity contribution in [1.82, 2.24) is 4.90 Å². The molecule has 0 saturated carbocycles. The van der Waals surface area contributed by atoms with Crippen molar-refractivity contribution in [3.05, 3.63) is 35.4 Å². The minimum absolute atomic E-state index is 0.0960. The summed E-state index contributed by atoms with van der Waals surface area (Å²) >= 11 is 0. The SMILES string of the molecule is CCCCN(CC)C(=O)C1(C)Cc2ccccc2C(=O)O1. The highest BCUT2D eigenvalue weighted by molar-refractivity contribution is 5.97. The Morgan fingerprint density at radius 2 is 2.05 bits per heavy atom. The molecule has 1 atom stereocenters. The van der Waals surface area contributed by atoms with Crippen LogP contribution in [-0.4, -0.2) is 35.5 Å². The fraction of sp³-hybridized carbons (Fsp3) is 0.529. The highest BCUT2D eigenvalue weighted by Crippen LogP contribution is 2.29. The van der Waals surface area contributed by atoms with E-state index in [0.29, 0.717) is 25.1 Å². The number of hydrogen-bond donors (Lipinski definition) is 0. The van der Waals surface area contributed by atoms with Gasteiger partial charge in [-0.15, -0.1) is 0 Å². The summed E-state index contributed by atoms with van der Waals surface area (Å²) in [4.78, 5) is 26.7. The van der Waals surface area contributed by atoms with E-state index in [1.807, 2.05) is 25.1 Å². The van der Waals surface area contributed by atoms with E-state index in [-0.39, 0.29) is 5.91 Å². The summed E-state index contributed by atoms with van der Waals surface area (Å²) in [7, 11) is 0. The molecule has 1 amide bonds. The third-order valence-corrected chi connectivity index (χ3v) is 3.99. The van der Waals surface area contributed by atoms with E-state index < -0.39 is 11.6 Å². The van der Waals surface area contributed by atoms with Crippen LogP contribution in [0.2, 0.25) is 0 Å². The number of carbonyl (C=O) groups is 2. The van der Waals surface area contributed by atoms with E-state index in [1.165, 1.54) is 0 Å². The van der Waals surface area contributed by atoms with Crippen LogP contribution in [0.5, 0.6) is 0 Å². The van der Waals surface area contributed by atoms with Crippen LogP contribution < -0.4 is 0 Å². The Bertz CT molecular complexity index is 541. The van der Waals surface area contributed by atoms with Crippen LogP contribution in [0, 0.1) is 0 Å². The Morgan fingerprint density at radius 1 is 1.33 bits per heavy atom. The molecule has 0 aromatic heterocycles. The number of esters is 1. The van der Waals surface area contributed by atoms with Gasteiger partial charge in [0.25, 0.3) is 5.91 Å². The van der Waals surface area contributed by atoms with Crippen molar-refractivity contribution >= 4 is 11.9 Å². The number of fused-ring (bicyclic) bond motifs is 1. The standard InChI is InChI=1S/C17H23NO3/c1-4-6-11-18(5-2)16(20)17(3)12-13-9-7-8-10-14(13)15(19)21-17/h7-10H,4-6,11-12H2,1-3H3. The van der Waals surface area contributed by atoms with Crippen LogP contribution >= 0.6 is 0 Å². The molecule has 2 rings (SSSR count). The fourth-order valence-electron chi connectivity index (χ4n) is 2.74. The van der Waals surface area contributed by atoms with Crippen LogP contribution in [0.4, 0.5) is 0 Å². The number of ether oxygens (including phenoxy) is 1. The van der Waals surface area contributed by atoms with Gasteiger partial charge in [0, 0.05) is 19.5 Å². The molecule has 1 aliphatic rings. The lowest BCUT2D eigenvalue weighted by atomic mass is 9.89. The summed E-state index contributed by atoms with van der Waals surface area (Å²) in [6.45, 7) is 7.11. The molecule has 1 heterocycles. The smallest absolute Gasteiger partial charge is 0.339 e. The molecule has 0 bridgehead atoms. The molecule has 0 fully saturated rings. The van der Waals surface area contributed by atoms with Gasteiger partial charge in [0.2, 0.25) is 0 Å². The number of rotatable bonds is 5. The van der Waals surface area contributed by atoms with Crippen LogP contribution in [-0.2, 0) is 16.0 Å². The van der Waals surface area contributed by atoms with Crippen LogP contribution in [0.15, 0.2) is 24.3 Å². The van der Waals surface area contributed by atoms with Crippen molar-refractivity contribution in [3.63, 3.8) is 0 Å². The summed E-state index contributed by atoms with van der Waals surface area (Å²) in [5, 5.41) is 0. The number of benzene rings is 1. The van der Waals surface area contributed by atoms with Crippen LogP contribution in [0.1, 0.15) is 49.5 Å². The first kappa shape index (κ1) is 15.5. The van der Waals surface area contributed by atoms with Gasteiger partial charge in [-0.05, 0) is 31.9 Å². The van der Waals surface area contributed by atoms with Crippen molar-refractivity contribution in [1.29, 1.82) is 0 Å². The average molecular weight is 289 g/mol. The number of carbonyl (C=O) groups excluding carboxylic acids is 2. The van der Waals surface area contributed by atoms with Crippen molar-refractivity contribution in [3.8, 4) is 0 Å². The fourth-order valence-corrected chi connectivity index (χ4v) is 2.74. The summed E-state index contributed by atoms with van der Waals surface area (Å²) in [5.41, 5.74) is 0.366. The minimum atomic E-state index is -1.09. The third-order valence-electron chi connectivity index (χ3n) is 3.99. The minimum Gasteiger partial charge on any atom is -0.445 e. The molecule has 1 aromatic carbocycles. The first-order valence-electron chi connectivity index (χ1n) is 7.62. The van der Waals surface area contributed by atoms with E-state index in [9.17, 15) is 9.59 Å². The molecule has 0 spiro atoms. The van der Waals surface area contributed by atoms with Gasteiger partial charge in [-0.25, -0.2) is 4.79 Å². The average Bonchev–Trinajstić information content (AvgIpc) is 2.47. The Labute approximate surface area is 126 Å². The van der Waals surface area contributed by atoms with E-state index in [1.54, 1.807) is 17.9 Å². The summed E-state index contributed by atoms with van der Waals surface area (Å²) in [6.07, 6.45) is 2.43. The van der Waals surface area contributed by atoms with Gasteiger partial charge in [0.05, 0.1) is 5.56 Å². The van der Waals surface area contributed by atoms with Gasteiger partial charge in [-0.1, -0.05) is 31.5 Å². The molecule has 1 aliphatic heterocycles. The van der Waals surface area contributed by atoms with Gasteiger partial charge < -0.3 is 9.64 Å². The van der Waals surface area contributed by atoms with Crippen molar-refractivity contribution in [2.75, 3.05) is 13.1 Å². The summed E-state index contributed by atoms with van der Waals surface area (Å²) in [6, 6.07) is 7.33. The van der Waals surface area contributed by atoms with Crippen molar-refractivity contribution in [2.24, 2.45) is 0 Å².